The molecule has 84 valence electrons. The largest absolute Gasteiger partial charge is 0.405 e. The summed E-state index contributed by atoms with van der Waals surface area (Å²) in [7, 11) is 0. The molecule has 0 amide bonds. The number of halogens is 4. The number of rotatable bonds is 3. The van der Waals surface area contributed by atoms with Crippen molar-refractivity contribution in [1.29, 1.82) is 0 Å². The summed E-state index contributed by atoms with van der Waals surface area (Å²) >= 11 is 5.68. The van der Waals surface area contributed by atoms with Crippen LogP contribution in [-0.2, 0) is 6.42 Å². The van der Waals surface area contributed by atoms with Crippen LogP contribution in [0, 0.1) is 0 Å². The molecule has 3 N–H and O–H groups in total. The topological polar surface area (TPSA) is 50.9 Å². The lowest BCUT2D eigenvalue weighted by atomic mass is 10.1. The molecule has 1 rings (SSSR count). The van der Waals surface area contributed by atoms with E-state index < -0.39 is 12.2 Å². The van der Waals surface area contributed by atoms with Crippen molar-refractivity contribution >= 4 is 11.6 Å². The summed E-state index contributed by atoms with van der Waals surface area (Å²) in [5.41, 5.74) is 2.07. The van der Waals surface area contributed by atoms with Crippen LogP contribution in [0.2, 0.25) is 5.02 Å². The summed E-state index contributed by atoms with van der Waals surface area (Å²) in [4.78, 5) is 3.68. The van der Waals surface area contributed by atoms with Gasteiger partial charge in [0.15, 0.2) is 0 Å². The third-order valence-electron chi connectivity index (χ3n) is 1.88. The molecule has 1 heterocycles. The van der Waals surface area contributed by atoms with Crippen LogP contribution in [0.15, 0.2) is 18.5 Å². The molecule has 0 aromatic carbocycles. The maximum absolute atomic E-state index is 12.3. The molecular weight excluding hydrogens is 231 g/mol. The molecule has 0 saturated carbocycles. The number of nitrogens with zero attached hydrogens (tertiary/aromatic N) is 1. The summed E-state index contributed by atoms with van der Waals surface area (Å²) in [6.45, 7) is 0. The molecule has 0 radical (unpaired) electrons. The van der Waals surface area contributed by atoms with Gasteiger partial charge in [-0.3, -0.25) is 10.8 Å². The standard InChI is InChI=1S/C8H9ClF3N3/c9-6-4-14-2-1-5(6)3-7(15-13)8(10,11)12/h1-2,4,7,15H,3,13H2. The van der Waals surface area contributed by atoms with Crippen molar-refractivity contribution in [2.24, 2.45) is 5.84 Å². The van der Waals surface area contributed by atoms with Crippen molar-refractivity contribution < 1.29 is 13.2 Å². The molecule has 15 heavy (non-hydrogen) atoms. The molecule has 3 nitrogen and oxygen atoms in total. The number of nitrogens with one attached hydrogen (secondary N) is 1. The van der Waals surface area contributed by atoms with Gasteiger partial charge in [0.25, 0.3) is 0 Å². The predicted octanol–water partition coefficient (Wildman–Crippen LogP) is 1.67. The van der Waals surface area contributed by atoms with Crippen molar-refractivity contribution in [2.75, 3.05) is 0 Å². The number of hydrazine groups is 1. The molecule has 7 heteroatoms. The predicted molar refractivity (Wildman–Crippen MR) is 50.1 cm³/mol. The van der Waals surface area contributed by atoms with E-state index in [-0.39, 0.29) is 11.4 Å². The third-order valence-corrected chi connectivity index (χ3v) is 2.22. The molecule has 1 aromatic rings. The Balaban J connectivity index is 2.80. The molecule has 0 spiro atoms. The minimum atomic E-state index is -4.40. The van der Waals surface area contributed by atoms with Crippen LogP contribution >= 0.6 is 11.6 Å². The Morgan fingerprint density at radius 1 is 1.53 bits per heavy atom. The first-order valence-corrected chi connectivity index (χ1v) is 4.44. The highest BCUT2D eigenvalue weighted by atomic mass is 35.5. The van der Waals surface area contributed by atoms with Gasteiger partial charge in [-0.15, -0.1) is 0 Å². The van der Waals surface area contributed by atoms with Gasteiger partial charge < -0.3 is 0 Å². The average molecular weight is 240 g/mol. The normalized spacial score (nSPS) is 13.9. The van der Waals surface area contributed by atoms with E-state index in [1.54, 1.807) is 5.43 Å². The molecule has 1 atom stereocenters. The Morgan fingerprint density at radius 2 is 2.20 bits per heavy atom. The van der Waals surface area contributed by atoms with Crippen LogP contribution in [0.25, 0.3) is 0 Å². The van der Waals surface area contributed by atoms with Crippen molar-refractivity contribution in [3.05, 3.63) is 29.0 Å². The van der Waals surface area contributed by atoms with Gasteiger partial charge in [0, 0.05) is 12.4 Å². The number of aromatic nitrogens is 1. The van der Waals surface area contributed by atoms with Gasteiger partial charge in [-0.05, 0) is 18.1 Å². The fourth-order valence-electron chi connectivity index (χ4n) is 1.06. The number of alkyl halides is 3. The SMILES string of the molecule is NNC(Cc1ccncc1Cl)C(F)(F)F. The van der Waals surface area contributed by atoms with Crippen molar-refractivity contribution in [1.82, 2.24) is 10.4 Å². The van der Waals surface area contributed by atoms with E-state index in [0.717, 1.165) is 0 Å². The van der Waals surface area contributed by atoms with Crippen molar-refractivity contribution in [3.63, 3.8) is 0 Å². The van der Waals surface area contributed by atoms with E-state index in [0.29, 0.717) is 5.56 Å². The van der Waals surface area contributed by atoms with Gasteiger partial charge in [-0.2, -0.15) is 13.2 Å². The average Bonchev–Trinajstić information content (AvgIpc) is 2.14. The lowest BCUT2D eigenvalue weighted by Crippen LogP contribution is -2.47. The van der Waals surface area contributed by atoms with Crippen LogP contribution in [0.4, 0.5) is 13.2 Å². The Labute approximate surface area is 89.4 Å². The number of nitrogens with two attached hydrogens (primary N) is 1. The number of hydrogen-bond donors (Lipinski definition) is 2. The lowest BCUT2D eigenvalue weighted by molar-refractivity contribution is -0.155. The molecule has 0 bridgehead atoms. The zero-order chi connectivity index (χ0) is 11.5. The third kappa shape index (κ3) is 3.33. The number of pyridine rings is 1. The second kappa shape index (κ2) is 4.78. The van der Waals surface area contributed by atoms with E-state index in [1.165, 1.54) is 18.5 Å². The van der Waals surface area contributed by atoms with Gasteiger partial charge in [0.1, 0.15) is 6.04 Å². The van der Waals surface area contributed by atoms with Gasteiger partial charge in [0.2, 0.25) is 0 Å². The monoisotopic (exact) mass is 239 g/mol. The van der Waals surface area contributed by atoms with E-state index >= 15 is 0 Å². The number of hydrogen-bond acceptors (Lipinski definition) is 3. The molecule has 0 aliphatic carbocycles. The molecule has 0 aliphatic rings. The summed E-state index contributed by atoms with van der Waals surface area (Å²) in [6, 6.07) is -0.379. The quantitative estimate of drug-likeness (QED) is 0.623. The van der Waals surface area contributed by atoms with Crippen LogP contribution < -0.4 is 11.3 Å². The van der Waals surface area contributed by atoms with E-state index in [9.17, 15) is 13.2 Å². The Hall–Kier alpha value is -0.850. The molecule has 1 unspecified atom stereocenters. The van der Waals surface area contributed by atoms with Gasteiger partial charge in [-0.25, -0.2) is 5.43 Å². The first-order valence-electron chi connectivity index (χ1n) is 4.06. The summed E-state index contributed by atoms with van der Waals surface area (Å²) in [6.07, 6.45) is -2.05. The zero-order valence-corrected chi connectivity index (χ0v) is 8.31. The maximum Gasteiger partial charge on any atom is 0.405 e. The van der Waals surface area contributed by atoms with Crippen LogP contribution in [0.1, 0.15) is 5.56 Å². The highest BCUT2D eigenvalue weighted by molar-refractivity contribution is 6.31. The lowest BCUT2D eigenvalue weighted by Gasteiger charge is -2.19. The smallest absolute Gasteiger partial charge is 0.271 e. The highest BCUT2D eigenvalue weighted by Crippen LogP contribution is 2.24. The molecular formula is C8H9ClF3N3. The first kappa shape index (κ1) is 12.2. The van der Waals surface area contributed by atoms with Crippen LogP contribution in [-0.4, -0.2) is 17.2 Å². The summed E-state index contributed by atoms with van der Waals surface area (Å²) in [5.74, 6) is 4.83. The Bertz CT molecular complexity index is 329. The van der Waals surface area contributed by atoms with Crippen LogP contribution in [0.5, 0.6) is 0 Å². The molecule has 1 aromatic heterocycles. The fraction of sp³-hybridized carbons (Fsp3) is 0.375. The molecule has 0 fully saturated rings. The maximum atomic E-state index is 12.3. The Kier molecular flexibility index (Phi) is 3.90. The fourth-order valence-corrected chi connectivity index (χ4v) is 1.26. The molecule has 0 aliphatic heterocycles. The van der Waals surface area contributed by atoms with Crippen molar-refractivity contribution in [3.8, 4) is 0 Å². The van der Waals surface area contributed by atoms with Gasteiger partial charge in [-0.1, -0.05) is 11.6 Å². The second-order valence-corrected chi connectivity index (χ2v) is 3.34. The van der Waals surface area contributed by atoms with E-state index in [1.807, 2.05) is 0 Å². The first-order chi connectivity index (χ1) is 6.95. The second-order valence-electron chi connectivity index (χ2n) is 2.93. The zero-order valence-electron chi connectivity index (χ0n) is 7.55. The van der Waals surface area contributed by atoms with Crippen LogP contribution in [0.3, 0.4) is 0 Å². The van der Waals surface area contributed by atoms with Crippen molar-refractivity contribution in [2.45, 2.75) is 18.6 Å². The Morgan fingerprint density at radius 3 is 2.67 bits per heavy atom. The summed E-state index contributed by atoms with van der Waals surface area (Å²) in [5, 5.41) is 0.196. The van der Waals surface area contributed by atoms with E-state index in [2.05, 4.69) is 4.98 Å². The minimum Gasteiger partial charge on any atom is -0.271 e. The summed E-state index contributed by atoms with van der Waals surface area (Å²) < 4.78 is 37.0. The van der Waals surface area contributed by atoms with Gasteiger partial charge >= 0.3 is 6.18 Å². The van der Waals surface area contributed by atoms with Gasteiger partial charge in [0.05, 0.1) is 5.02 Å². The molecule has 0 saturated heterocycles. The highest BCUT2D eigenvalue weighted by Gasteiger charge is 2.39. The van der Waals surface area contributed by atoms with E-state index in [4.69, 9.17) is 17.4 Å². The minimum absolute atomic E-state index is 0.196.